The van der Waals surface area contributed by atoms with Gasteiger partial charge in [0.2, 0.25) is 0 Å². The molecule has 0 atom stereocenters. The van der Waals surface area contributed by atoms with E-state index < -0.39 is 11.7 Å². The Hall–Kier alpha value is -2.30. The summed E-state index contributed by atoms with van der Waals surface area (Å²) >= 11 is 6.47. The number of hydrogen-bond acceptors (Lipinski definition) is 4. The van der Waals surface area contributed by atoms with Crippen LogP contribution in [0.1, 0.15) is 26.4 Å². The molecule has 2 N–H and O–H groups in total. The van der Waals surface area contributed by atoms with Gasteiger partial charge in [-0.3, -0.25) is 10.1 Å². The Bertz CT molecular complexity index is 775. The maximum Gasteiger partial charge on any atom is 0.257 e. The van der Waals surface area contributed by atoms with Crippen LogP contribution in [0.25, 0.3) is 0 Å². The highest BCUT2D eigenvalue weighted by Gasteiger charge is 2.14. The van der Waals surface area contributed by atoms with Crippen LogP contribution in [0.2, 0.25) is 0 Å². The van der Waals surface area contributed by atoms with Crippen molar-refractivity contribution < 1.29 is 9.18 Å². The lowest BCUT2D eigenvalue weighted by Crippen LogP contribution is -2.34. The zero-order valence-electron chi connectivity index (χ0n) is 11.9. The first-order chi connectivity index (χ1) is 10.4. The van der Waals surface area contributed by atoms with E-state index in [1.807, 2.05) is 13.8 Å². The molecule has 112 valence electrons. The molecule has 0 bridgehead atoms. The number of halogens is 1. The average molecular weight is 333 g/mol. The van der Waals surface area contributed by atoms with Crippen molar-refractivity contribution in [3.05, 3.63) is 51.7 Å². The van der Waals surface area contributed by atoms with E-state index in [4.69, 9.17) is 17.5 Å². The molecule has 2 rings (SSSR count). The minimum absolute atomic E-state index is 0.0899. The van der Waals surface area contributed by atoms with Crippen LogP contribution in [-0.2, 0) is 0 Å². The van der Waals surface area contributed by atoms with Gasteiger partial charge in [0, 0.05) is 10.4 Å². The fraction of sp³-hybridized carbons (Fsp3) is 0.133. The van der Waals surface area contributed by atoms with E-state index in [0.29, 0.717) is 16.1 Å². The Morgan fingerprint density at radius 1 is 1.32 bits per heavy atom. The SMILES string of the molecule is Cc1sc(NC(=S)NC(=O)c2ccc(F)cc2)c(C#N)c1C. The molecule has 2 aromatic rings. The second-order valence-electron chi connectivity index (χ2n) is 4.51. The van der Waals surface area contributed by atoms with E-state index >= 15 is 0 Å². The van der Waals surface area contributed by atoms with Crippen molar-refractivity contribution in [3.8, 4) is 6.07 Å². The first-order valence-electron chi connectivity index (χ1n) is 6.30. The lowest BCUT2D eigenvalue weighted by molar-refractivity contribution is 0.0977. The molecule has 4 nitrogen and oxygen atoms in total. The van der Waals surface area contributed by atoms with E-state index in [1.165, 1.54) is 35.6 Å². The number of nitrogens with zero attached hydrogens (tertiary/aromatic N) is 1. The Morgan fingerprint density at radius 2 is 1.95 bits per heavy atom. The van der Waals surface area contributed by atoms with Gasteiger partial charge >= 0.3 is 0 Å². The second-order valence-corrected chi connectivity index (χ2v) is 6.15. The first-order valence-corrected chi connectivity index (χ1v) is 7.53. The van der Waals surface area contributed by atoms with Crippen LogP contribution < -0.4 is 10.6 Å². The Kier molecular flexibility index (Phi) is 4.85. The standard InChI is InChI=1S/C15H12FN3OS2/c1-8-9(2)22-14(12(8)7-17)19-15(21)18-13(20)10-3-5-11(16)6-4-10/h3-6H,1-2H3,(H2,18,19,20,21). The lowest BCUT2D eigenvalue weighted by Gasteiger charge is -2.08. The first kappa shape index (κ1) is 16.1. The topological polar surface area (TPSA) is 64.9 Å². The van der Waals surface area contributed by atoms with Gasteiger partial charge in [-0.15, -0.1) is 11.3 Å². The number of carbonyl (C=O) groups excluding carboxylic acids is 1. The van der Waals surface area contributed by atoms with Gasteiger partial charge in [0.15, 0.2) is 5.11 Å². The molecule has 1 heterocycles. The molecule has 0 saturated carbocycles. The molecule has 0 radical (unpaired) electrons. The van der Waals surface area contributed by atoms with Gasteiger partial charge in [-0.1, -0.05) is 0 Å². The highest BCUT2D eigenvalue weighted by Crippen LogP contribution is 2.31. The van der Waals surface area contributed by atoms with Gasteiger partial charge in [-0.25, -0.2) is 4.39 Å². The number of thiophene rings is 1. The highest BCUT2D eigenvalue weighted by molar-refractivity contribution is 7.80. The third kappa shape index (κ3) is 3.47. The summed E-state index contributed by atoms with van der Waals surface area (Å²) in [6.07, 6.45) is 0. The summed E-state index contributed by atoms with van der Waals surface area (Å²) in [6.45, 7) is 3.77. The monoisotopic (exact) mass is 333 g/mol. The maximum absolute atomic E-state index is 12.8. The summed E-state index contributed by atoms with van der Waals surface area (Å²) in [5.41, 5.74) is 1.70. The third-order valence-corrected chi connectivity index (χ3v) is 4.38. The van der Waals surface area contributed by atoms with Crippen molar-refractivity contribution in [1.29, 1.82) is 5.26 Å². The summed E-state index contributed by atoms with van der Waals surface area (Å²) in [5, 5.41) is 15.2. The van der Waals surface area contributed by atoms with Crippen LogP contribution in [0.4, 0.5) is 9.39 Å². The van der Waals surface area contributed by atoms with Gasteiger partial charge in [0.25, 0.3) is 5.91 Å². The van der Waals surface area contributed by atoms with Crippen LogP contribution in [-0.4, -0.2) is 11.0 Å². The molecule has 0 aliphatic carbocycles. The second kappa shape index (κ2) is 6.64. The average Bonchev–Trinajstić information content (AvgIpc) is 2.73. The molecule has 1 aromatic heterocycles. The number of amides is 1. The Balaban J connectivity index is 2.08. The fourth-order valence-electron chi connectivity index (χ4n) is 1.76. The lowest BCUT2D eigenvalue weighted by atomic mass is 10.2. The molecule has 22 heavy (non-hydrogen) atoms. The van der Waals surface area contributed by atoms with Crippen molar-refractivity contribution in [1.82, 2.24) is 5.32 Å². The molecule has 1 amide bonds. The Morgan fingerprint density at radius 3 is 2.55 bits per heavy atom. The number of carbonyl (C=O) groups is 1. The molecule has 0 saturated heterocycles. The van der Waals surface area contributed by atoms with Gasteiger partial charge in [-0.2, -0.15) is 5.26 Å². The fourth-order valence-corrected chi connectivity index (χ4v) is 3.04. The molecular weight excluding hydrogens is 321 g/mol. The minimum Gasteiger partial charge on any atom is -0.323 e. The number of rotatable bonds is 2. The predicted octanol–water partition coefficient (Wildman–Crippen LogP) is 3.50. The van der Waals surface area contributed by atoms with Gasteiger partial charge in [0.05, 0.1) is 5.56 Å². The number of nitrogens with one attached hydrogen (secondary N) is 2. The number of aryl methyl sites for hydroxylation is 1. The molecule has 7 heteroatoms. The zero-order chi connectivity index (χ0) is 16.3. The van der Waals surface area contributed by atoms with E-state index in [0.717, 1.165) is 10.4 Å². The number of benzene rings is 1. The third-order valence-electron chi connectivity index (χ3n) is 3.06. The van der Waals surface area contributed by atoms with E-state index in [1.54, 1.807) is 0 Å². The van der Waals surface area contributed by atoms with Crippen molar-refractivity contribution in [3.63, 3.8) is 0 Å². The minimum atomic E-state index is -0.444. The smallest absolute Gasteiger partial charge is 0.257 e. The summed E-state index contributed by atoms with van der Waals surface area (Å²) in [4.78, 5) is 13.0. The number of nitriles is 1. The van der Waals surface area contributed by atoms with E-state index in [-0.39, 0.29) is 5.11 Å². The molecule has 1 aromatic carbocycles. The van der Waals surface area contributed by atoms with Gasteiger partial charge in [-0.05, 0) is 55.9 Å². The van der Waals surface area contributed by atoms with Crippen molar-refractivity contribution in [2.45, 2.75) is 13.8 Å². The van der Waals surface area contributed by atoms with E-state index in [2.05, 4.69) is 16.7 Å². The summed E-state index contributed by atoms with van der Waals surface area (Å²) in [7, 11) is 0. The molecule has 0 unspecified atom stereocenters. The quantitative estimate of drug-likeness (QED) is 0.826. The van der Waals surface area contributed by atoms with Gasteiger partial charge < -0.3 is 5.32 Å². The number of anilines is 1. The molecule has 0 aliphatic heterocycles. The Labute approximate surface area is 136 Å². The van der Waals surface area contributed by atoms with Crippen LogP contribution in [0.15, 0.2) is 24.3 Å². The van der Waals surface area contributed by atoms with Crippen LogP contribution >= 0.6 is 23.6 Å². The van der Waals surface area contributed by atoms with Gasteiger partial charge in [0.1, 0.15) is 16.9 Å². The highest BCUT2D eigenvalue weighted by atomic mass is 32.1. The maximum atomic E-state index is 12.8. The van der Waals surface area contributed by atoms with Crippen molar-refractivity contribution in [2.75, 3.05) is 5.32 Å². The predicted molar refractivity (Wildman–Crippen MR) is 88.6 cm³/mol. The molecule has 0 fully saturated rings. The van der Waals surface area contributed by atoms with Crippen LogP contribution in [0.3, 0.4) is 0 Å². The van der Waals surface area contributed by atoms with Crippen LogP contribution in [0, 0.1) is 31.0 Å². The largest absolute Gasteiger partial charge is 0.323 e. The summed E-state index contributed by atoms with van der Waals surface area (Å²) in [5.74, 6) is -0.860. The summed E-state index contributed by atoms with van der Waals surface area (Å²) in [6, 6.07) is 7.25. The molecule has 0 aliphatic rings. The van der Waals surface area contributed by atoms with E-state index in [9.17, 15) is 9.18 Å². The van der Waals surface area contributed by atoms with Crippen molar-refractivity contribution >= 4 is 39.6 Å². The molecular formula is C15H12FN3OS2. The van der Waals surface area contributed by atoms with Crippen LogP contribution in [0.5, 0.6) is 0 Å². The normalized spacial score (nSPS) is 9.91. The number of thiocarbonyl (C=S) groups is 1. The number of hydrogen-bond donors (Lipinski definition) is 2. The molecule has 0 spiro atoms. The zero-order valence-corrected chi connectivity index (χ0v) is 13.5. The summed E-state index contributed by atoms with van der Waals surface area (Å²) < 4.78 is 12.8. The van der Waals surface area contributed by atoms with Crippen molar-refractivity contribution in [2.24, 2.45) is 0 Å².